The summed E-state index contributed by atoms with van der Waals surface area (Å²) < 4.78 is 0. The van der Waals surface area contributed by atoms with Crippen LogP contribution in [0, 0.1) is 5.92 Å². The zero-order valence-electron chi connectivity index (χ0n) is 15.2. The number of nitrogens with one attached hydrogen (secondary N) is 1. The van der Waals surface area contributed by atoms with Crippen LogP contribution >= 0.6 is 24.8 Å². The second-order valence-electron chi connectivity index (χ2n) is 7.42. The van der Waals surface area contributed by atoms with Gasteiger partial charge >= 0.3 is 0 Å². The average Bonchev–Trinajstić information content (AvgIpc) is 2.64. The van der Waals surface area contributed by atoms with Gasteiger partial charge in [-0.2, -0.15) is 0 Å². The molecule has 1 saturated carbocycles. The van der Waals surface area contributed by atoms with Gasteiger partial charge in [-0.1, -0.05) is 37.5 Å². The molecule has 4 rings (SSSR count). The van der Waals surface area contributed by atoms with Crippen LogP contribution in [-0.2, 0) is 0 Å². The number of nitrogens with zero attached hydrogens (tertiary/aromatic N) is 1. The molecule has 2 aliphatic rings. The Kier molecular flexibility index (Phi) is 8.03. The van der Waals surface area contributed by atoms with E-state index in [2.05, 4.69) is 28.4 Å². The molecule has 0 aromatic heterocycles. The third kappa shape index (κ3) is 4.64. The molecule has 5 heteroatoms. The minimum Gasteiger partial charge on any atom is -0.508 e. The minimum absolute atomic E-state index is 0. The van der Waals surface area contributed by atoms with Crippen molar-refractivity contribution in [3.05, 3.63) is 42.0 Å². The Hall–Kier alpha value is -1.00. The third-order valence-corrected chi connectivity index (χ3v) is 5.83. The van der Waals surface area contributed by atoms with Crippen LogP contribution in [0.5, 0.6) is 5.75 Å². The summed E-state index contributed by atoms with van der Waals surface area (Å²) in [5, 5.41) is 15.6. The first kappa shape index (κ1) is 21.3. The summed E-state index contributed by atoms with van der Waals surface area (Å²) in [7, 11) is 0. The first-order chi connectivity index (χ1) is 11.8. The van der Waals surface area contributed by atoms with Gasteiger partial charge in [0.05, 0.1) is 0 Å². The van der Waals surface area contributed by atoms with Crippen molar-refractivity contribution in [3.8, 4) is 5.75 Å². The molecule has 2 N–H and O–H groups in total. The standard InChI is InChI=1S/C21H28N2O.2ClH/c24-20-9-8-17-14-19(7-6-18(17)15-20)21(16-4-2-1-3-5-16)23-12-10-22-11-13-23;;/h6-9,14-16,21-22,24H,1-5,10-13H2;2*1H/t21-;;/m0../s1. The van der Waals surface area contributed by atoms with Crippen LogP contribution in [0.25, 0.3) is 10.8 Å². The van der Waals surface area contributed by atoms with Gasteiger partial charge in [-0.15, -0.1) is 24.8 Å². The Morgan fingerprint density at radius 3 is 2.27 bits per heavy atom. The van der Waals surface area contributed by atoms with Crippen LogP contribution in [0.2, 0.25) is 0 Å². The molecule has 2 aromatic rings. The second-order valence-corrected chi connectivity index (χ2v) is 7.42. The summed E-state index contributed by atoms with van der Waals surface area (Å²) in [4.78, 5) is 2.70. The molecular weight excluding hydrogens is 367 g/mol. The highest BCUT2D eigenvalue weighted by molar-refractivity contribution is 5.86. The summed E-state index contributed by atoms with van der Waals surface area (Å²) in [5.41, 5.74) is 1.46. The van der Waals surface area contributed by atoms with Gasteiger partial charge in [0, 0.05) is 32.2 Å². The van der Waals surface area contributed by atoms with Crippen molar-refractivity contribution in [2.24, 2.45) is 5.92 Å². The second kappa shape index (κ2) is 9.80. The Morgan fingerprint density at radius 2 is 1.54 bits per heavy atom. The zero-order chi connectivity index (χ0) is 16.4. The minimum atomic E-state index is 0. The lowest BCUT2D eigenvalue weighted by molar-refractivity contribution is 0.103. The lowest BCUT2D eigenvalue weighted by Gasteiger charge is -2.41. The van der Waals surface area contributed by atoms with Gasteiger partial charge in [-0.25, -0.2) is 0 Å². The third-order valence-electron chi connectivity index (χ3n) is 5.83. The fourth-order valence-electron chi connectivity index (χ4n) is 4.63. The highest BCUT2D eigenvalue weighted by atomic mass is 35.5. The molecule has 1 atom stereocenters. The highest BCUT2D eigenvalue weighted by Gasteiger charge is 2.30. The molecule has 0 amide bonds. The van der Waals surface area contributed by atoms with Crippen molar-refractivity contribution in [3.63, 3.8) is 0 Å². The normalized spacial score (nSPS) is 20.2. The molecule has 0 bridgehead atoms. The number of aromatic hydroxyl groups is 1. The maximum absolute atomic E-state index is 9.70. The maximum Gasteiger partial charge on any atom is 0.116 e. The van der Waals surface area contributed by atoms with Crippen molar-refractivity contribution in [2.75, 3.05) is 26.2 Å². The number of hydrogen-bond acceptors (Lipinski definition) is 3. The van der Waals surface area contributed by atoms with E-state index in [-0.39, 0.29) is 24.8 Å². The number of fused-ring (bicyclic) bond motifs is 1. The predicted octanol–water partition coefficient (Wildman–Crippen LogP) is 4.92. The van der Waals surface area contributed by atoms with E-state index in [9.17, 15) is 5.11 Å². The Labute approximate surface area is 169 Å². The van der Waals surface area contributed by atoms with E-state index in [4.69, 9.17) is 0 Å². The van der Waals surface area contributed by atoms with Crippen molar-refractivity contribution < 1.29 is 5.11 Å². The van der Waals surface area contributed by atoms with Gasteiger partial charge in [-0.05, 0) is 53.3 Å². The lowest BCUT2D eigenvalue weighted by atomic mass is 9.80. The van der Waals surface area contributed by atoms with E-state index >= 15 is 0 Å². The smallest absolute Gasteiger partial charge is 0.116 e. The molecule has 144 valence electrons. The van der Waals surface area contributed by atoms with Crippen LogP contribution in [0.4, 0.5) is 0 Å². The molecule has 3 nitrogen and oxygen atoms in total. The summed E-state index contributed by atoms with van der Waals surface area (Å²) in [5.74, 6) is 1.13. The molecule has 1 saturated heterocycles. The topological polar surface area (TPSA) is 35.5 Å². The van der Waals surface area contributed by atoms with E-state index in [1.807, 2.05) is 12.1 Å². The molecule has 26 heavy (non-hydrogen) atoms. The van der Waals surface area contributed by atoms with Crippen LogP contribution in [0.1, 0.15) is 43.7 Å². The fraction of sp³-hybridized carbons (Fsp3) is 0.524. The van der Waals surface area contributed by atoms with E-state index < -0.39 is 0 Å². The van der Waals surface area contributed by atoms with E-state index in [1.54, 1.807) is 6.07 Å². The first-order valence-electron chi connectivity index (χ1n) is 9.49. The molecule has 2 aromatic carbocycles. The lowest BCUT2D eigenvalue weighted by Crippen LogP contribution is -2.47. The average molecular weight is 397 g/mol. The van der Waals surface area contributed by atoms with Gasteiger partial charge < -0.3 is 10.4 Å². The Morgan fingerprint density at radius 1 is 0.885 bits per heavy atom. The molecular formula is C21H30Cl2N2O. The van der Waals surface area contributed by atoms with Crippen molar-refractivity contribution >= 4 is 35.6 Å². The Balaban J connectivity index is 0.00000121. The number of piperazine rings is 1. The summed E-state index contributed by atoms with van der Waals surface area (Å²) >= 11 is 0. The molecule has 0 unspecified atom stereocenters. The van der Waals surface area contributed by atoms with Crippen molar-refractivity contribution in [1.82, 2.24) is 10.2 Å². The Bertz CT molecular complexity index is 679. The van der Waals surface area contributed by atoms with Gasteiger partial charge in [0.1, 0.15) is 5.75 Å². The number of phenols is 1. The zero-order valence-corrected chi connectivity index (χ0v) is 16.8. The van der Waals surface area contributed by atoms with E-state index in [0.29, 0.717) is 11.8 Å². The van der Waals surface area contributed by atoms with Crippen LogP contribution in [0.15, 0.2) is 36.4 Å². The van der Waals surface area contributed by atoms with Gasteiger partial charge in [0.2, 0.25) is 0 Å². The fourth-order valence-corrected chi connectivity index (χ4v) is 4.63. The number of phenolic OH excluding ortho intramolecular Hbond substituents is 1. The number of halogens is 2. The monoisotopic (exact) mass is 396 g/mol. The number of rotatable bonds is 3. The highest BCUT2D eigenvalue weighted by Crippen LogP contribution is 2.39. The summed E-state index contributed by atoms with van der Waals surface area (Å²) in [6, 6.07) is 13.1. The summed E-state index contributed by atoms with van der Waals surface area (Å²) in [6.45, 7) is 4.50. The van der Waals surface area contributed by atoms with Crippen LogP contribution < -0.4 is 5.32 Å². The number of benzene rings is 2. The summed E-state index contributed by atoms with van der Waals surface area (Å²) in [6.07, 6.45) is 6.90. The van der Waals surface area contributed by atoms with E-state index in [1.165, 1.54) is 43.1 Å². The van der Waals surface area contributed by atoms with Crippen LogP contribution in [-0.4, -0.2) is 36.2 Å². The molecule has 0 radical (unpaired) electrons. The maximum atomic E-state index is 9.70. The first-order valence-corrected chi connectivity index (χ1v) is 9.49. The van der Waals surface area contributed by atoms with E-state index in [0.717, 1.165) is 37.5 Å². The SMILES string of the molecule is Cl.Cl.Oc1ccc2cc([C@H](C3CCCCC3)N3CCNCC3)ccc2c1. The van der Waals surface area contributed by atoms with Crippen LogP contribution in [0.3, 0.4) is 0 Å². The number of hydrogen-bond donors (Lipinski definition) is 2. The predicted molar refractivity (Wildman–Crippen MR) is 114 cm³/mol. The van der Waals surface area contributed by atoms with Gasteiger partial charge in [0.15, 0.2) is 0 Å². The van der Waals surface area contributed by atoms with Crippen molar-refractivity contribution in [1.29, 1.82) is 0 Å². The van der Waals surface area contributed by atoms with Crippen molar-refractivity contribution in [2.45, 2.75) is 38.1 Å². The quantitative estimate of drug-likeness (QED) is 0.772. The molecule has 1 aliphatic heterocycles. The largest absolute Gasteiger partial charge is 0.508 e. The molecule has 1 aliphatic carbocycles. The van der Waals surface area contributed by atoms with Gasteiger partial charge in [0.25, 0.3) is 0 Å². The molecule has 2 fully saturated rings. The van der Waals surface area contributed by atoms with Gasteiger partial charge in [-0.3, -0.25) is 4.90 Å². The molecule has 1 heterocycles. The molecule has 0 spiro atoms.